The SMILES string of the molecule is Cc1cn(N=Cc2ccccc2Sc2ccccc2)c(N)n1. The van der Waals surface area contributed by atoms with Crippen LogP contribution in [0, 0.1) is 6.92 Å². The standard InChI is InChI=1S/C17H16N4S/c1-13-12-21(17(18)20-13)19-11-14-7-5-6-10-16(14)22-15-8-3-2-4-9-15/h2-12H,1H3,(H2,18,20). The number of benzene rings is 2. The molecule has 0 saturated carbocycles. The van der Waals surface area contributed by atoms with Crippen LogP contribution in [0.4, 0.5) is 5.95 Å². The Balaban J connectivity index is 1.87. The summed E-state index contributed by atoms with van der Waals surface area (Å²) in [5, 5.41) is 4.39. The highest BCUT2D eigenvalue weighted by Gasteiger charge is 2.03. The molecule has 0 bridgehead atoms. The first-order chi connectivity index (χ1) is 10.7. The molecule has 0 fully saturated rings. The monoisotopic (exact) mass is 308 g/mol. The zero-order chi connectivity index (χ0) is 15.4. The number of nitrogen functional groups attached to an aromatic ring is 1. The van der Waals surface area contributed by atoms with E-state index in [1.54, 1.807) is 22.6 Å². The van der Waals surface area contributed by atoms with Gasteiger partial charge in [-0.05, 0) is 25.1 Å². The molecule has 0 amide bonds. The smallest absolute Gasteiger partial charge is 0.221 e. The Morgan fingerprint density at radius 1 is 1.09 bits per heavy atom. The molecular weight excluding hydrogens is 292 g/mol. The Hall–Kier alpha value is -2.53. The number of hydrogen-bond donors (Lipinski definition) is 1. The average Bonchev–Trinajstić information content (AvgIpc) is 2.85. The maximum Gasteiger partial charge on any atom is 0.221 e. The van der Waals surface area contributed by atoms with Crippen molar-refractivity contribution in [2.75, 3.05) is 5.73 Å². The second-order valence-electron chi connectivity index (χ2n) is 4.78. The molecule has 0 saturated heterocycles. The Morgan fingerprint density at radius 3 is 2.55 bits per heavy atom. The molecule has 110 valence electrons. The van der Waals surface area contributed by atoms with Gasteiger partial charge in [-0.25, -0.2) is 9.66 Å². The fourth-order valence-corrected chi connectivity index (χ4v) is 2.95. The minimum Gasteiger partial charge on any atom is -0.368 e. The second kappa shape index (κ2) is 6.49. The summed E-state index contributed by atoms with van der Waals surface area (Å²) in [4.78, 5) is 6.48. The molecule has 2 aromatic carbocycles. The molecule has 0 aliphatic heterocycles. The van der Waals surface area contributed by atoms with Crippen molar-refractivity contribution in [3.63, 3.8) is 0 Å². The van der Waals surface area contributed by atoms with E-state index < -0.39 is 0 Å². The summed E-state index contributed by atoms with van der Waals surface area (Å²) >= 11 is 1.71. The fourth-order valence-electron chi connectivity index (χ4n) is 2.02. The van der Waals surface area contributed by atoms with Gasteiger partial charge in [0.2, 0.25) is 5.95 Å². The van der Waals surface area contributed by atoms with Crippen LogP contribution in [0.25, 0.3) is 0 Å². The van der Waals surface area contributed by atoms with E-state index >= 15 is 0 Å². The number of nitrogens with zero attached hydrogens (tertiary/aromatic N) is 3. The van der Waals surface area contributed by atoms with Crippen molar-refractivity contribution in [3.8, 4) is 0 Å². The number of anilines is 1. The van der Waals surface area contributed by atoms with Crippen molar-refractivity contribution in [2.24, 2.45) is 5.10 Å². The van der Waals surface area contributed by atoms with E-state index in [1.807, 2.05) is 49.5 Å². The van der Waals surface area contributed by atoms with Crippen molar-refractivity contribution >= 4 is 23.9 Å². The lowest BCUT2D eigenvalue weighted by Crippen LogP contribution is -1.97. The predicted molar refractivity (Wildman–Crippen MR) is 91.4 cm³/mol. The fraction of sp³-hybridized carbons (Fsp3) is 0.0588. The molecule has 5 heteroatoms. The zero-order valence-corrected chi connectivity index (χ0v) is 13.0. The van der Waals surface area contributed by atoms with Gasteiger partial charge in [-0.15, -0.1) is 0 Å². The topological polar surface area (TPSA) is 56.2 Å². The first-order valence-electron chi connectivity index (χ1n) is 6.90. The normalized spacial score (nSPS) is 11.1. The minimum absolute atomic E-state index is 0.391. The predicted octanol–water partition coefficient (Wildman–Crippen LogP) is 3.81. The lowest BCUT2D eigenvalue weighted by Gasteiger charge is -2.05. The molecule has 0 aliphatic carbocycles. The summed E-state index contributed by atoms with van der Waals surface area (Å²) in [6.07, 6.45) is 3.61. The molecule has 0 unspecified atom stereocenters. The third-order valence-electron chi connectivity index (χ3n) is 3.05. The van der Waals surface area contributed by atoms with Crippen LogP contribution in [0.3, 0.4) is 0 Å². The van der Waals surface area contributed by atoms with Crippen LogP contribution < -0.4 is 5.73 Å². The molecule has 0 atom stereocenters. The first kappa shape index (κ1) is 14.4. The Bertz CT molecular complexity index is 793. The second-order valence-corrected chi connectivity index (χ2v) is 5.90. The summed E-state index contributed by atoms with van der Waals surface area (Å²) < 4.78 is 1.58. The van der Waals surface area contributed by atoms with Crippen molar-refractivity contribution in [2.45, 2.75) is 16.7 Å². The number of hydrogen-bond acceptors (Lipinski definition) is 4. The lowest BCUT2D eigenvalue weighted by molar-refractivity contribution is 0.896. The molecule has 3 rings (SSSR count). The van der Waals surface area contributed by atoms with Crippen LogP contribution in [-0.4, -0.2) is 15.9 Å². The lowest BCUT2D eigenvalue weighted by atomic mass is 10.2. The minimum atomic E-state index is 0.391. The highest BCUT2D eigenvalue weighted by Crippen LogP contribution is 2.29. The van der Waals surface area contributed by atoms with E-state index in [2.05, 4.69) is 28.3 Å². The molecule has 3 aromatic rings. The van der Waals surface area contributed by atoms with E-state index in [9.17, 15) is 0 Å². The highest BCUT2D eigenvalue weighted by atomic mass is 32.2. The summed E-state index contributed by atoms with van der Waals surface area (Å²) in [5.41, 5.74) is 7.69. The van der Waals surface area contributed by atoms with Crippen molar-refractivity contribution in [3.05, 3.63) is 72.1 Å². The Morgan fingerprint density at radius 2 is 1.82 bits per heavy atom. The van der Waals surface area contributed by atoms with E-state index in [-0.39, 0.29) is 0 Å². The molecule has 1 aromatic heterocycles. The van der Waals surface area contributed by atoms with Gasteiger partial charge in [0, 0.05) is 15.4 Å². The quantitative estimate of drug-likeness (QED) is 0.746. The van der Waals surface area contributed by atoms with E-state index in [0.717, 1.165) is 16.2 Å². The number of aromatic nitrogens is 2. The van der Waals surface area contributed by atoms with E-state index in [0.29, 0.717) is 5.95 Å². The van der Waals surface area contributed by atoms with Gasteiger partial charge in [-0.1, -0.05) is 48.2 Å². The van der Waals surface area contributed by atoms with Crippen molar-refractivity contribution in [1.82, 2.24) is 9.66 Å². The highest BCUT2D eigenvalue weighted by molar-refractivity contribution is 7.99. The maximum atomic E-state index is 5.80. The molecule has 1 heterocycles. The molecule has 2 N–H and O–H groups in total. The Kier molecular flexibility index (Phi) is 4.25. The number of imidazole rings is 1. The largest absolute Gasteiger partial charge is 0.368 e. The van der Waals surface area contributed by atoms with Crippen LogP contribution in [0.1, 0.15) is 11.3 Å². The molecule has 4 nitrogen and oxygen atoms in total. The third kappa shape index (κ3) is 3.38. The summed E-state index contributed by atoms with van der Waals surface area (Å²) in [6.45, 7) is 1.89. The molecule has 0 spiro atoms. The van der Waals surface area contributed by atoms with Crippen LogP contribution in [0.5, 0.6) is 0 Å². The average molecular weight is 308 g/mol. The summed E-state index contributed by atoms with van der Waals surface area (Å²) in [5.74, 6) is 0.391. The molecule has 0 radical (unpaired) electrons. The first-order valence-corrected chi connectivity index (χ1v) is 7.72. The maximum absolute atomic E-state index is 5.80. The van der Waals surface area contributed by atoms with Crippen molar-refractivity contribution in [1.29, 1.82) is 0 Å². The van der Waals surface area contributed by atoms with E-state index in [1.165, 1.54) is 4.90 Å². The van der Waals surface area contributed by atoms with Gasteiger partial charge in [-0.2, -0.15) is 5.10 Å². The van der Waals surface area contributed by atoms with Crippen LogP contribution in [0.15, 0.2) is 75.7 Å². The van der Waals surface area contributed by atoms with Gasteiger partial charge in [0.05, 0.1) is 18.1 Å². The van der Waals surface area contributed by atoms with Gasteiger partial charge in [0.25, 0.3) is 0 Å². The van der Waals surface area contributed by atoms with Crippen LogP contribution >= 0.6 is 11.8 Å². The zero-order valence-electron chi connectivity index (χ0n) is 12.2. The molecular formula is C17H16N4S. The molecule has 22 heavy (non-hydrogen) atoms. The number of nitrogens with two attached hydrogens (primary N) is 1. The number of aryl methyl sites for hydroxylation is 1. The van der Waals surface area contributed by atoms with Gasteiger partial charge in [0.1, 0.15) is 0 Å². The third-order valence-corrected chi connectivity index (χ3v) is 4.15. The van der Waals surface area contributed by atoms with Gasteiger partial charge in [0.15, 0.2) is 0 Å². The Labute approximate surface area is 133 Å². The summed E-state index contributed by atoms with van der Waals surface area (Å²) in [6, 6.07) is 18.4. The summed E-state index contributed by atoms with van der Waals surface area (Å²) in [7, 11) is 0. The van der Waals surface area contributed by atoms with Gasteiger partial charge < -0.3 is 5.73 Å². The number of rotatable bonds is 4. The van der Waals surface area contributed by atoms with Gasteiger partial charge >= 0.3 is 0 Å². The van der Waals surface area contributed by atoms with Crippen molar-refractivity contribution < 1.29 is 0 Å². The van der Waals surface area contributed by atoms with Crippen LogP contribution in [0.2, 0.25) is 0 Å². The van der Waals surface area contributed by atoms with Crippen LogP contribution in [-0.2, 0) is 0 Å². The molecule has 0 aliphatic rings. The van der Waals surface area contributed by atoms with E-state index in [4.69, 9.17) is 5.73 Å². The van der Waals surface area contributed by atoms with Gasteiger partial charge in [-0.3, -0.25) is 0 Å².